The maximum absolute atomic E-state index is 11.7. The summed E-state index contributed by atoms with van der Waals surface area (Å²) in [5, 5.41) is 2.75. The minimum atomic E-state index is -3.22. The molecule has 0 spiro atoms. The molecule has 0 heterocycles. The Labute approximate surface area is 119 Å². The second-order valence-corrected chi connectivity index (χ2v) is 6.06. The number of unbranched alkanes of at least 4 members (excludes halogenated alkanes) is 1. The van der Waals surface area contributed by atoms with E-state index in [1.165, 1.54) is 24.3 Å². The zero-order valence-corrected chi connectivity index (χ0v) is 12.4. The summed E-state index contributed by atoms with van der Waals surface area (Å²) in [6.07, 6.45) is 2.84. The Morgan fingerprint density at radius 2 is 1.79 bits per heavy atom. The van der Waals surface area contributed by atoms with Crippen molar-refractivity contribution in [3.05, 3.63) is 29.8 Å². The van der Waals surface area contributed by atoms with Crippen molar-refractivity contribution in [1.82, 2.24) is 5.32 Å². The monoisotopic (exact) mass is 306 g/mol. The van der Waals surface area contributed by atoms with Gasteiger partial charge >= 0.3 is 0 Å². The van der Waals surface area contributed by atoms with Gasteiger partial charge in [0, 0.05) is 18.4 Å². The average Bonchev–Trinajstić information content (AvgIpc) is 2.33. The van der Waals surface area contributed by atoms with Crippen LogP contribution in [0.5, 0.6) is 0 Å². The van der Waals surface area contributed by atoms with Gasteiger partial charge in [-0.05, 0) is 43.7 Å². The van der Waals surface area contributed by atoms with Crippen molar-refractivity contribution in [2.24, 2.45) is 5.73 Å². The van der Waals surface area contributed by atoms with Gasteiger partial charge in [-0.2, -0.15) is 0 Å². The number of nitrogens with one attached hydrogen (secondary N) is 1. The van der Waals surface area contributed by atoms with Gasteiger partial charge in [-0.3, -0.25) is 4.79 Å². The third-order valence-electron chi connectivity index (χ3n) is 2.46. The fraction of sp³-hybridized carbons (Fsp3) is 0.417. The summed E-state index contributed by atoms with van der Waals surface area (Å²) in [5.74, 6) is -0.202. The van der Waals surface area contributed by atoms with Crippen molar-refractivity contribution >= 4 is 28.2 Å². The average molecular weight is 307 g/mol. The van der Waals surface area contributed by atoms with Crippen molar-refractivity contribution in [1.29, 1.82) is 0 Å². The number of carbonyl (C=O) groups is 1. The van der Waals surface area contributed by atoms with E-state index >= 15 is 0 Å². The third kappa shape index (κ3) is 6.04. The number of nitrogens with two attached hydrogens (primary N) is 1. The van der Waals surface area contributed by atoms with Gasteiger partial charge in [0.2, 0.25) is 0 Å². The summed E-state index contributed by atoms with van der Waals surface area (Å²) >= 11 is 0. The minimum Gasteiger partial charge on any atom is -0.352 e. The van der Waals surface area contributed by atoms with Gasteiger partial charge in [0.25, 0.3) is 5.91 Å². The highest BCUT2D eigenvalue weighted by Crippen LogP contribution is 2.10. The second-order valence-electron chi connectivity index (χ2n) is 4.05. The van der Waals surface area contributed by atoms with Crippen molar-refractivity contribution in [3.8, 4) is 0 Å². The molecule has 0 saturated heterocycles. The van der Waals surface area contributed by atoms with E-state index in [1.807, 2.05) is 0 Å². The zero-order chi connectivity index (χ0) is 13.6. The number of hydrogen-bond acceptors (Lipinski definition) is 4. The Bertz CT molecular complexity index is 500. The molecule has 0 aliphatic heterocycles. The van der Waals surface area contributed by atoms with E-state index in [1.54, 1.807) is 0 Å². The molecule has 19 heavy (non-hydrogen) atoms. The molecule has 0 bridgehead atoms. The molecule has 0 radical (unpaired) electrons. The van der Waals surface area contributed by atoms with Gasteiger partial charge in [0.05, 0.1) is 4.90 Å². The number of hydrogen-bond donors (Lipinski definition) is 2. The van der Waals surface area contributed by atoms with Crippen molar-refractivity contribution in [3.63, 3.8) is 0 Å². The van der Waals surface area contributed by atoms with Crippen LogP contribution in [0.3, 0.4) is 0 Å². The lowest BCUT2D eigenvalue weighted by atomic mass is 10.2. The molecule has 0 saturated carbocycles. The predicted octanol–water partition coefficient (Wildman–Crippen LogP) is 0.981. The number of rotatable bonds is 6. The number of halogens is 1. The molecule has 0 atom stereocenters. The molecule has 1 aromatic carbocycles. The first-order valence-electron chi connectivity index (χ1n) is 5.73. The molecule has 1 rings (SSSR count). The number of carbonyl (C=O) groups excluding carboxylic acids is 1. The Kier molecular flexibility index (Phi) is 7.66. The van der Waals surface area contributed by atoms with Crippen LogP contribution < -0.4 is 11.1 Å². The van der Waals surface area contributed by atoms with Gasteiger partial charge in [-0.1, -0.05) is 0 Å². The lowest BCUT2D eigenvalue weighted by Crippen LogP contribution is -2.24. The number of benzene rings is 1. The molecular weight excluding hydrogens is 288 g/mol. The fourth-order valence-electron chi connectivity index (χ4n) is 1.43. The lowest BCUT2D eigenvalue weighted by Gasteiger charge is -2.05. The van der Waals surface area contributed by atoms with E-state index in [0.29, 0.717) is 18.7 Å². The van der Waals surface area contributed by atoms with Crippen molar-refractivity contribution < 1.29 is 13.2 Å². The van der Waals surface area contributed by atoms with E-state index in [0.717, 1.165) is 19.1 Å². The Balaban J connectivity index is 0.00000324. The lowest BCUT2D eigenvalue weighted by molar-refractivity contribution is 0.0953. The molecule has 3 N–H and O–H groups in total. The van der Waals surface area contributed by atoms with Crippen LogP contribution in [-0.4, -0.2) is 33.7 Å². The maximum Gasteiger partial charge on any atom is 0.251 e. The minimum absolute atomic E-state index is 0. The van der Waals surface area contributed by atoms with Crippen LogP contribution in [0.25, 0.3) is 0 Å². The molecule has 1 amide bonds. The highest BCUT2D eigenvalue weighted by molar-refractivity contribution is 7.90. The standard InChI is InChI=1S/C12H18N2O3S.ClH/c1-18(16,17)11-6-4-10(5-7-11)12(15)14-9-3-2-8-13;/h4-7H,2-3,8-9,13H2,1H3,(H,14,15);1H. The predicted molar refractivity (Wildman–Crippen MR) is 77.4 cm³/mol. The Morgan fingerprint density at radius 1 is 1.21 bits per heavy atom. The van der Waals surface area contributed by atoms with E-state index in [4.69, 9.17) is 5.73 Å². The summed E-state index contributed by atoms with van der Waals surface area (Å²) < 4.78 is 22.5. The van der Waals surface area contributed by atoms with Gasteiger partial charge in [0.15, 0.2) is 9.84 Å². The molecule has 0 aliphatic rings. The molecular formula is C12H19ClN2O3S. The van der Waals surface area contributed by atoms with Gasteiger partial charge in [-0.25, -0.2) is 8.42 Å². The van der Waals surface area contributed by atoms with E-state index in [2.05, 4.69) is 5.32 Å². The quantitative estimate of drug-likeness (QED) is 0.767. The first kappa shape index (κ1) is 17.9. The van der Waals surface area contributed by atoms with Crippen molar-refractivity contribution in [2.75, 3.05) is 19.3 Å². The molecule has 5 nitrogen and oxygen atoms in total. The van der Waals surface area contributed by atoms with E-state index in [9.17, 15) is 13.2 Å². The van der Waals surface area contributed by atoms with Gasteiger partial charge in [-0.15, -0.1) is 12.4 Å². The first-order chi connectivity index (χ1) is 8.45. The summed E-state index contributed by atoms with van der Waals surface area (Å²) in [7, 11) is -3.22. The summed E-state index contributed by atoms with van der Waals surface area (Å²) in [4.78, 5) is 11.9. The fourth-order valence-corrected chi connectivity index (χ4v) is 2.06. The third-order valence-corrected chi connectivity index (χ3v) is 3.59. The maximum atomic E-state index is 11.7. The van der Waals surface area contributed by atoms with Crippen LogP contribution in [0.1, 0.15) is 23.2 Å². The normalized spacial score (nSPS) is 10.6. The molecule has 7 heteroatoms. The van der Waals surface area contributed by atoms with Crippen LogP contribution in [0.15, 0.2) is 29.2 Å². The number of amides is 1. The van der Waals surface area contributed by atoms with Gasteiger partial charge < -0.3 is 11.1 Å². The van der Waals surface area contributed by atoms with Crippen LogP contribution in [0.4, 0.5) is 0 Å². The van der Waals surface area contributed by atoms with Crippen LogP contribution in [-0.2, 0) is 9.84 Å². The molecule has 108 valence electrons. The smallest absolute Gasteiger partial charge is 0.251 e. The molecule has 0 aliphatic carbocycles. The summed E-state index contributed by atoms with van der Waals surface area (Å²) in [6, 6.07) is 5.89. The largest absolute Gasteiger partial charge is 0.352 e. The van der Waals surface area contributed by atoms with E-state index < -0.39 is 9.84 Å². The Morgan fingerprint density at radius 3 is 2.26 bits per heavy atom. The summed E-state index contributed by atoms with van der Waals surface area (Å²) in [6.45, 7) is 1.18. The topological polar surface area (TPSA) is 89.3 Å². The highest BCUT2D eigenvalue weighted by Gasteiger charge is 2.09. The number of sulfone groups is 1. The second kappa shape index (κ2) is 8.14. The molecule has 1 aromatic rings. The van der Waals surface area contributed by atoms with Gasteiger partial charge in [0.1, 0.15) is 0 Å². The molecule has 0 unspecified atom stereocenters. The molecule has 0 aromatic heterocycles. The SMILES string of the molecule is CS(=O)(=O)c1ccc(C(=O)NCCCCN)cc1.Cl. The van der Waals surface area contributed by atoms with Crippen LogP contribution in [0.2, 0.25) is 0 Å². The summed E-state index contributed by atoms with van der Waals surface area (Å²) in [5.41, 5.74) is 5.80. The first-order valence-corrected chi connectivity index (χ1v) is 7.62. The van der Waals surface area contributed by atoms with Crippen LogP contribution >= 0.6 is 12.4 Å². The molecule has 0 fully saturated rings. The zero-order valence-electron chi connectivity index (χ0n) is 10.8. The van der Waals surface area contributed by atoms with E-state index in [-0.39, 0.29) is 23.2 Å². The van der Waals surface area contributed by atoms with Crippen molar-refractivity contribution in [2.45, 2.75) is 17.7 Å². The van der Waals surface area contributed by atoms with Crippen LogP contribution in [0, 0.1) is 0 Å². The Hall–Kier alpha value is -1.11. The highest BCUT2D eigenvalue weighted by atomic mass is 35.5.